The zero-order valence-electron chi connectivity index (χ0n) is 10.6. The Kier molecular flexibility index (Phi) is 3.26. The quantitative estimate of drug-likeness (QED) is 0.858. The lowest BCUT2D eigenvalue weighted by molar-refractivity contribution is -0.0817. The van der Waals surface area contributed by atoms with Gasteiger partial charge in [0.25, 0.3) is 0 Å². The molecule has 0 radical (unpaired) electrons. The molecule has 0 unspecified atom stereocenters. The zero-order valence-corrected chi connectivity index (χ0v) is 10.6. The first-order valence-electron chi connectivity index (χ1n) is 5.67. The highest BCUT2D eigenvalue weighted by Gasteiger charge is 2.32. The smallest absolute Gasteiger partial charge is 0.128 e. The molecular weight excluding hydrogens is 220 g/mol. The minimum absolute atomic E-state index is 0.0933. The Morgan fingerprint density at radius 3 is 2.47 bits per heavy atom. The number of benzene rings is 1. The fraction of sp³-hybridized carbons (Fsp3) is 0.538. The minimum Gasteiger partial charge on any atom is -0.497 e. The number of hydrogen-bond donors (Lipinski definition) is 1. The summed E-state index contributed by atoms with van der Waals surface area (Å²) in [6.07, 6.45) is -0.969. The van der Waals surface area contributed by atoms with E-state index in [9.17, 15) is 5.11 Å². The molecular formula is C13H18O4. The maximum Gasteiger partial charge on any atom is 0.128 e. The Balaban J connectivity index is 2.59. The maximum atomic E-state index is 10.2. The van der Waals surface area contributed by atoms with Crippen molar-refractivity contribution < 1.29 is 19.3 Å². The first-order valence-corrected chi connectivity index (χ1v) is 5.67. The van der Waals surface area contributed by atoms with Crippen molar-refractivity contribution in [3.05, 3.63) is 23.3 Å². The van der Waals surface area contributed by atoms with E-state index in [1.807, 2.05) is 19.9 Å². The van der Waals surface area contributed by atoms with Crippen LogP contribution in [-0.2, 0) is 4.74 Å². The van der Waals surface area contributed by atoms with Crippen LogP contribution < -0.4 is 9.47 Å². The summed E-state index contributed by atoms with van der Waals surface area (Å²) < 4.78 is 16.2. The molecule has 1 heterocycles. The summed E-state index contributed by atoms with van der Waals surface area (Å²) >= 11 is 0. The van der Waals surface area contributed by atoms with Crippen molar-refractivity contribution >= 4 is 0 Å². The predicted octanol–water partition coefficient (Wildman–Crippen LogP) is 2.22. The van der Waals surface area contributed by atoms with Crippen molar-refractivity contribution in [1.82, 2.24) is 0 Å². The molecule has 0 spiro atoms. The van der Waals surface area contributed by atoms with Crippen molar-refractivity contribution in [2.45, 2.75) is 32.2 Å². The second-order valence-corrected chi connectivity index (χ2v) is 4.26. The summed E-state index contributed by atoms with van der Waals surface area (Å²) in [5.74, 6) is 1.37. The zero-order chi connectivity index (χ0) is 12.6. The topological polar surface area (TPSA) is 47.9 Å². The first-order chi connectivity index (χ1) is 8.08. The van der Waals surface area contributed by atoms with Crippen LogP contribution in [0.15, 0.2) is 12.1 Å². The van der Waals surface area contributed by atoms with Crippen LogP contribution in [0.4, 0.5) is 0 Å². The van der Waals surface area contributed by atoms with Gasteiger partial charge in [0.05, 0.1) is 26.4 Å². The normalized spacial score (nSPS) is 27.5. The molecule has 0 aromatic heterocycles. The molecule has 3 atom stereocenters. The van der Waals surface area contributed by atoms with Crippen LogP contribution in [0.1, 0.15) is 37.2 Å². The van der Waals surface area contributed by atoms with Gasteiger partial charge in [0, 0.05) is 11.6 Å². The first kappa shape index (κ1) is 12.2. The fourth-order valence-corrected chi connectivity index (χ4v) is 2.31. The van der Waals surface area contributed by atoms with E-state index >= 15 is 0 Å². The highest BCUT2D eigenvalue weighted by molar-refractivity contribution is 5.49. The molecule has 4 nitrogen and oxygen atoms in total. The maximum absolute atomic E-state index is 10.2. The van der Waals surface area contributed by atoms with Crippen molar-refractivity contribution in [2.24, 2.45) is 0 Å². The highest BCUT2D eigenvalue weighted by atomic mass is 16.5. The summed E-state index contributed by atoms with van der Waals surface area (Å²) in [5, 5.41) is 10.2. The summed E-state index contributed by atoms with van der Waals surface area (Å²) in [5.41, 5.74) is 1.73. The van der Waals surface area contributed by atoms with Gasteiger partial charge in [-0.1, -0.05) is 0 Å². The van der Waals surface area contributed by atoms with E-state index in [0.29, 0.717) is 11.5 Å². The van der Waals surface area contributed by atoms with Gasteiger partial charge >= 0.3 is 0 Å². The van der Waals surface area contributed by atoms with Gasteiger partial charge in [-0.25, -0.2) is 0 Å². The third kappa shape index (κ3) is 1.98. The Labute approximate surface area is 101 Å². The van der Waals surface area contributed by atoms with E-state index in [0.717, 1.165) is 11.1 Å². The SMILES string of the molecule is COc1cc(OC)c2c(c1)[C@H](O)[C@H](C)O[C@@H]2C. The lowest BCUT2D eigenvalue weighted by atomic mass is 9.92. The molecule has 94 valence electrons. The highest BCUT2D eigenvalue weighted by Crippen LogP contribution is 2.43. The van der Waals surface area contributed by atoms with Crippen molar-refractivity contribution in [3.8, 4) is 11.5 Å². The summed E-state index contributed by atoms with van der Waals surface area (Å²) in [6, 6.07) is 3.65. The Hall–Kier alpha value is -1.26. The Morgan fingerprint density at radius 2 is 1.88 bits per heavy atom. The predicted molar refractivity (Wildman–Crippen MR) is 63.5 cm³/mol. The molecule has 1 aliphatic heterocycles. The van der Waals surface area contributed by atoms with Crippen molar-refractivity contribution in [1.29, 1.82) is 0 Å². The van der Waals surface area contributed by atoms with E-state index < -0.39 is 6.10 Å². The van der Waals surface area contributed by atoms with Crippen LogP contribution in [0.2, 0.25) is 0 Å². The standard InChI is InChI=1S/C13H18O4/c1-7-12-10(13(14)8(2)17-7)5-9(15-3)6-11(12)16-4/h5-8,13-14H,1-4H3/t7-,8+,13-/m1/s1. The molecule has 0 amide bonds. The van der Waals surface area contributed by atoms with E-state index in [2.05, 4.69) is 0 Å². The molecule has 4 heteroatoms. The van der Waals surface area contributed by atoms with Crippen LogP contribution in [0.5, 0.6) is 11.5 Å². The number of hydrogen-bond acceptors (Lipinski definition) is 4. The molecule has 1 aromatic carbocycles. The molecule has 1 aliphatic rings. The van der Waals surface area contributed by atoms with Gasteiger partial charge in [0.1, 0.15) is 17.6 Å². The van der Waals surface area contributed by atoms with E-state index in [1.54, 1.807) is 20.3 Å². The van der Waals surface area contributed by atoms with Crippen LogP contribution in [0.25, 0.3) is 0 Å². The Bertz CT molecular complexity index is 416. The molecule has 0 aliphatic carbocycles. The van der Waals surface area contributed by atoms with Gasteiger partial charge in [-0.2, -0.15) is 0 Å². The summed E-state index contributed by atoms with van der Waals surface area (Å²) in [4.78, 5) is 0. The van der Waals surface area contributed by atoms with Gasteiger partial charge in [-0.15, -0.1) is 0 Å². The summed E-state index contributed by atoms with van der Waals surface area (Å²) in [6.45, 7) is 3.81. The number of aliphatic hydroxyl groups is 1. The average Bonchev–Trinajstić information content (AvgIpc) is 2.34. The average molecular weight is 238 g/mol. The lowest BCUT2D eigenvalue weighted by Gasteiger charge is -2.33. The van der Waals surface area contributed by atoms with Crippen LogP contribution in [0.3, 0.4) is 0 Å². The molecule has 0 fully saturated rings. The van der Waals surface area contributed by atoms with Gasteiger partial charge in [0.2, 0.25) is 0 Å². The molecule has 1 aromatic rings. The number of ether oxygens (including phenoxy) is 3. The molecule has 0 saturated carbocycles. The van der Waals surface area contributed by atoms with E-state index in [1.165, 1.54) is 0 Å². The van der Waals surface area contributed by atoms with Crippen LogP contribution >= 0.6 is 0 Å². The molecule has 0 saturated heterocycles. The Morgan fingerprint density at radius 1 is 1.18 bits per heavy atom. The third-order valence-corrected chi connectivity index (χ3v) is 3.19. The van der Waals surface area contributed by atoms with Crippen molar-refractivity contribution in [2.75, 3.05) is 14.2 Å². The third-order valence-electron chi connectivity index (χ3n) is 3.19. The van der Waals surface area contributed by atoms with Gasteiger partial charge in [-0.3, -0.25) is 0 Å². The number of rotatable bonds is 2. The molecule has 1 N–H and O–H groups in total. The van der Waals surface area contributed by atoms with Crippen molar-refractivity contribution in [3.63, 3.8) is 0 Å². The second kappa shape index (κ2) is 4.55. The van der Waals surface area contributed by atoms with E-state index in [-0.39, 0.29) is 12.2 Å². The minimum atomic E-state index is -0.648. The lowest BCUT2D eigenvalue weighted by Crippen LogP contribution is -2.27. The summed E-state index contributed by atoms with van der Waals surface area (Å²) in [7, 11) is 3.20. The second-order valence-electron chi connectivity index (χ2n) is 4.26. The number of methoxy groups -OCH3 is 2. The van der Waals surface area contributed by atoms with Crippen LogP contribution in [0, 0.1) is 0 Å². The van der Waals surface area contributed by atoms with Gasteiger partial charge in [-0.05, 0) is 25.5 Å². The van der Waals surface area contributed by atoms with Gasteiger partial charge in [0.15, 0.2) is 0 Å². The van der Waals surface area contributed by atoms with Crippen LogP contribution in [-0.4, -0.2) is 25.4 Å². The molecule has 17 heavy (non-hydrogen) atoms. The molecule has 2 rings (SSSR count). The largest absolute Gasteiger partial charge is 0.497 e. The fourth-order valence-electron chi connectivity index (χ4n) is 2.31. The van der Waals surface area contributed by atoms with Gasteiger partial charge < -0.3 is 19.3 Å². The van der Waals surface area contributed by atoms with E-state index in [4.69, 9.17) is 14.2 Å². The monoisotopic (exact) mass is 238 g/mol. The molecule has 0 bridgehead atoms. The number of fused-ring (bicyclic) bond motifs is 1. The number of aliphatic hydroxyl groups excluding tert-OH is 1.